The van der Waals surface area contributed by atoms with Crippen LogP contribution in [-0.4, -0.2) is 29.5 Å². The van der Waals surface area contributed by atoms with Crippen LogP contribution < -0.4 is 15.8 Å². The van der Waals surface area contributed by atoms with Gasteiger partial charge in [0.2, 0.25) is 17.7 Å². The van der Waals surface area contributed by atoms with E-state index in [1.807, 2.05) is 0 Å². The fraction of sp³-hybridized carbons (Fsp3) is 0.500. The van der Waals surface area contributed by atoms with E-state index in [1.165, 1.54) is 13.2 Å². The van der Waals surface area contributed by atoms with Crippen molar-refractivity contribution >= 4 is 23.5 Å². The summed E-state index contributed by atoms with van der Waals surface area (Å²) in [5, 5.41) is 2.82. The monoisotopic (exact) mass is 256 g/mol. The molecule has 2 rings (SSSR count). The van der Waals surface area contributed by atoms with E-state index >= 15 is 0 Å². The molecule has 0 unspecified atom stereocenters. The van der Waals surface area contributed by atoms with Gasteiger partial charge in [-0.05, 0) is 12.8 Å². The van der Waals surface area contributed by atoms with Gasteiger partial charge < -0.3 is 10.5 Å². The van der Waals surface area contributed by atoms with E-state index in [1.54, 1.807) is 0 Å². The number of nitrogens with one attached hydrogen (secondary N) is 1. The van der Waals surface area contributed by atoms with Gasteiger partial charge in [-0.3, -0.25) is 10.1 Å². The van der Waals surface area contributed by atoms with Gasteiger partial charge in [-0.15, -0.1) is 0 Å². The molecule has 0 saturated heterocycles. The second-order valence-corrected chi connectivity index (χ2v) is 4.38. The van der Waals surface area contributed by atoms with Crippen molar-refractivity contribution < 1.29 is 9.53 Å². The highest BCUT2D eigenvalue weighted by Crippen LogP contribution is 2.45. The quantitative estimate of drug-likeness (QED) is 0.779. The smallest absolute Gasteiger partial charge is 0.234 e. The maximum atomic E-state index is 11.9. The molecule has 92 valence electrons. The lowest BCUT2D eigenvalue weighted by atomic mass is 10.1. The molecule has 0 spiro atoms. The van der Waals surface area contributed by atoms with Crippen LogP contribution in [0.25, 0.3) is 0 Å². The Bertz CT molecular complexity index is 448. The van der Waals surface area contributed by atoms with E-state index in [-0.39, 0.29) is 17.0 Å². The van der Waals surface area contributed by atoms with Crippen molar-refractivity contribution in [3.8, 4) is 5.88 Å². The minimum absolute atomic E-state index is 0.138. The summed E-state index contributed by atoms with van der Waals surface area (Å²) in [4.78, 5) is 19.8. The molecule has 1 saturated carbocycles. The topological polar surface area (TPSA) is 90.1 Å². The first-order valence-electron chi connectivity index (χ1n) is 5.20. The third kappa shape index (κ3) is 2.48. The molecule has 6 nitrogen and oxygen atoms in total. The van der Waals surface area contributed by atoms with Crippen LogP contribution in [0.2, 0.25) is 5.15 Å². The summed E-state index contributed by atoms with van der Waals surface area (Å²) in [6, 6.07) is 1.47. The first kappa shape index (κ1) is 12.1. The summed E-state index contributed by atoms with van der Waals surface area (Å²) in [6.07, 6.45) is 1.60. The number of nitrogens with two attached hydrogens (primary N) is 1. The van der Waals surface area contributed by atoms with Crippen LogP contribution in [0.15, 0.2) is 6.07 Å². The summed E-state index contributed by atoms with van der Waals surface area (Å²) in [6.45, 7) is 0.330. The van der Waals surface area contributed by atoms with Crippen LogP contribution in [0.4, 0.5) is 5.95 Å². The number of hydrogen-bond acceptors (Lipinski definition) is 5. The number of methoxy groups -OCH3 is 1. The number of ether oxygens (including phenoxy) is 1. The predicted octanol–water partition coefficient (Wildman–Crippen LogP) is 0.816. The maximum absolute atomic E-state index is 11.9. The molecule has 3 N–H and O–H groups in total. The molecule has 0 aromatic carbocycles. The van der Waals surface area contributed by atoms with Gasteiger partial charge in [0.25, 0.3) is 0 Å². The van der Waals surface area contributed by atoms with Crippen LogP contribution in [0.3, 0.4) is 0 Å². The third-order valence-electron chi connectivity index (χ3n) is 2.83. The minimum atomic E-state index is -0.446. The van der Waals surface area contributed by atoms with Crippen molar-refractivity contribution in [1.82, 2.24) is 9.97 Å². The summed E-state index contributed by atoms with van der Waals surface area (Å²) in [5.41, 5.74) is 5.11. The van der Waals surface area contributed by atoms with E-state index in [2.05, 4.69) is 15.3 Å². The van der Waals surface area contributed by atoms with Gasteiger partial charge in [0, 0.05) is 12.6 Å². The van der Waals surface area contributed by atoms with Gasteiger partial charge in [-0.1, -0.05) is 11.6 Å². The highest BCUT2D eigenvalue weighted by atomic mass is 35.5. The lowest BCUT2D eigenvalue weighted by Crippen LogP contribution is -2.31. The van der Waals surface area contributed by atoms with Crippen LogP contribution in [0.1, 0.15) is 12.8 Å². The molecule has 0 aliphatic heterocycles. The fourth-order valence-corrected chi connectivity index (χ4v) is 1.64. The van der Waals surface area contributed by atoms with Crippen LogP contribution in [0.5, 0.6) is 5.88 Å². The predicted molar refractivity (Wildman–Crippen MR) is 62.9 cm³/mol. The summed E-state index contributed by atoms with van der Waals surface area (Å²) in [5.74, 6) is 0.279. The highest BCUT2D eigenvalue weighted by molar-refractivity contribution is 6.29. The highest BCUT2D eigenvalue weighted by Gasteiger charge is 2.48. The number of hydrogen-bond donors (Lipinski definition) is 2. The molecule has 1 amide bonds. The van der Waals surface area contributed by atoms with Gasteiger partial charge in [0.15, 0.2) is 0 Å². The molecule has 1 aliphatic rings. The Balaban J connectivity index is 2.13. The van der Waals surface area contributed by atoms with Crippen LogP contribution in [-0.2, 0) is 4.79 Å². The lowest BCUT2D eigenvalue weighted by Gasteiger charge is -2.12. The third-order valence-corrected chi connectivity index (χ3v) is 3.03. The summed E-state index contributed by atoms with van der Waals surface area (Å²) in [7, 11) is 1.46. The molecular weight excluding hydrogens is 244 g/mol. The second-order valence-electron chi connectivity index (χ2n) is 4.00. The normalized spacial score (nSPS) is 16.4. The van der Waals surface area contributed by atoms with Crippen molar-refractivity contribution in [2.24, 2.45) is 11.1 Å². The standard InChI is InChI=1S/C10H13ClN4O2/c1-17-7-4-6(11)13-9(14-7)15-8(16)10(5-12)2-3-10/h4H,2-3,5,12H2,1H3,(H,13,14,15,16). The van der Waals surface area contributed by atoms with E-state index < -0.39 is 5.41 Å². The zero-order valence-corrected chi connectivity index (χ0v) is 10.1. The van der Waals surface area contributed by atoms with E-state index in [0.717, 1.165) is 12.8 Å². The summed E-state index contributed by atoms with van der Waals surface area (Å²) >= 11 is 5.77. The average Bonchev–Trinajstić information content (AvgIpc) is 3.09. The molecule has 0 radical (unpaired) electrons. The van der Waals surface area contributed by atoms with Crippen LogP contribution in [0, 0.1) is 5.41 Å². The number of amides is 1. The van der Waals surface area contributed by atoms with E-state index in [9.17, 15) is 4.79 Å². The molecule has 1 aliphatic carbocycles. The van der Waals surface area contributed by atoms with Gasteiger partial charge in [-0.2, -0.15) is 4.98 Å². The zero-order valence-electron chi connectivity index (χ0n) is 9.36. The SMILES string of the molecule is COc1cc(Cl)nc(NC(=O)C2(CN)CC2)n1. The summed E-state index contributed by atoms with van der Waals surface area (Å²) < 4.78 is 4.93. The molecule has 1 fully saturated rings. The first-order valence-corrected chi connectivity index (χ1v) is 5.57. The van der Waals surface area contributed by atoms with Gasteiger partial charge in [0.05, 0.1) is 12.5 Å². The van der Waals surface area contributed by atoms with Crippen molar-refractivity contribution in [2.45, 2.75) is 12.8 Å². The number of anilines is 1. The Morgan fingerprint density at radius 2 is 2.35 bits per heavy atom. The van der Waals surface area contributed by atoms with Crippen molar-refractivity contribution in [2.75, 3.05) is 19.0 Å². The molecule has 1 aromatic rings. The molecule has 1 aromatic heterocycles. The Morgan fingerprint density at radius 1 is 1.65 bits per heavy atom. The lowest BCUT2D eigenvalue weighted by molar-refractivity contribution is -0.120. The largest absolute Gasteiger partial charge is 0.481 e. The van der Waals surface area contributed by atoms with Crippen LogP contribution >= 0.6 is 11.6 Å². The Kier molecular flexibility index (Phi) is 3.17. The van der Waals surface area contributed by atoms with E-state index in [0.29, 0.717) is 12.4 Å². The molecular formula is C10H13ClN4O2. The Labute approximate surface area is 104 Å². The van der Waals surface area contributed by atoms with Crippen molar-refractivity contribution in [3.05, 3.63) is 11.2 Å². The first-order chi connectivity index (χ1) is 8.09. The Morgan fingerprint density at radius 3 is 2.88 bits per heavy atom. The van der Waals surface area contributed by atoms with Gasteiger partial charge >= 0.3 is 0 Å². The number of carbonyl (C=O) groups excluding carboxylic acids is 1. The Hall–Kier alpha value is -1.40. The minimum Gasteiger partial charge on any atom is -0.481 e. The molecule has 0 bridgehead atoms. The van der Waals surface area contributed by atoms with E-state index in [4.69, 9.17) is 22.1 Å². The molecule has 0 atom stereocenters. The number of halogens is 1. The molecule has 1 heterocycles. The fourth-order valence-electron chi connectivity index (χ4n) is 1.47. The second kappa shape index (κ2) is 4.46. The van der Waals surface area contributed by atoms with Gasteiger partial charge in [-0.25, -0.2) is 4.98 Å². The number of nitrogens with zero attached hydrogens (tertiary/aromatic N) is 2. The maximum Gasteiger partial charge on any atom is 0.234 e. The number of rotatable bonds is 4. The van der Waals surface area contributed by atoms with Gasteiger partial charge in [0.1, 0.15) is 5.15 Å². The number of aromatic nitrogens is 2. The average molecular weight is 257 g/mol. The molecule has 7 heteroatoms. The van der Waals surface area contributed by atoms with Crippen molar-refractivity contribution in [3.63, 3.8) is 0 Å². The van der Waals surface area contributed by atoms with Crippen molar-refractivity contribution in [1.29, 1.82) is 0 Å². The molecule has 17 heavy (non-hydrogen) atoms. The number of carbonyl (C=O) groups is 1. The zero-order chi connectivity index (χ0) is 12.5.